The zero-order valence-electron chi connectivity index (χ0n) is 13.5. The van der Waals surface area contributed by atoms with E-state index in [2.05, 4.69) is 35.7 Å². The molecule has 23 heavy (non-hydrogen) atoms. The first kappa shape index (κ1) is 18.4. The molecule has 1 aliphatic rings. The van der Waals surface area contributed by atoms with Gasteiger partial charge in [-0.3, -0.25) is 4.90 Å². The SMILES string of the molecule is CC(C)(C)[C@H](c1ccc(OC(F)(F)F)c(Cl)c1)N1CCNCC1. The second kappa shape index (κ2) is 6.87. The molecule has 0 aromatic heterocycles. The van der Waals surface area contributed by atoms with Gasteiger partial charge in [-0.1, -0.05) is 38.4 Å². The van der Waals surface area contributed by atoms with E-state index in [4.69, 9.17) is 11.6 Å². The summed E-state index contributed by atoms with van der Waals surface area (Å²) >= 11 is 6.01. The maximum absolute atomic E-state index is 12.4. The topological polar surface area (TPSA) is 24.5 Å². The molecular formula is C16H22ClF3N2O. The van der Waals surface area contributed by atoms with Gasteiger partial charge in [0.1, 0.15) is 5.75 Å². The summed E-state index contributed by atoms with van der Waals surface area (Å²) in [6.45, 7) is 9.93. The second-order valence-electron chi connectivity index (χ2n) is 6.79. The maximum Gasteiger partial charge on any atom is 0.573 e. The van der Waals surface area contributed by atoms with E-state index in [-0.39, 0.29) is 22.2 Å². The van der Waals surface area contributed by atoms with Crippen LogP contribution in [0.1, 0.15) is 32.4 Å². The van der Waals surface area contributed by atoms with E-state index in [1.54, 1.807) is 12.1 Å². The predicted molar refractivity (Wildman–Crippen MR) is 84.8 cm³/mol. The Hall–Kier alpha value is -0.980. The zero-order chi connectivity index (χ0) is 17.3. The van der Waals surface area contributed by atoms with Gasteiger partial charge in [0.15, 0.2) is 0 Å². The monoisotopic (exact) mass is 350 g/mol. The average Bonchev–Trinajstić information content (AvgIpc) is 2.40. The minimum Gasteiger partial charge on any atom is -0.404 e. The number of hydrogen-bond donors (Lipinski definition) is 1. The highest BCUT2D eigenvalue weighted by Gasteiger charge is 2.35. The van der Waals surface area contributed by atoms with Crippen molar-refractivity contribution < 1.29 is 17.9 Å². The number of piperazine rings is 1. The molecule has 1 aromatic carbocycles. The summed E-state index contributed by atoms with van der Waals surface area (Å²) in [5.74, 6) is -0.365. The fraction of sp³-hybridized carbons (Fsp3) is 0.625. The van der Waals surface area contributed by atoms with Crippen LogP contribution < -0.4 is 10.1 Å². The number of nitrogens with one attached hydrogen (secondary N) is 1. The van der Waals surface area contributed by atoms with E-state index in [1.807, 2.05) is 0 Å². The molecule has 0 spiro atoms. The Kier molecular flexibility index (Phi) is 5.48. The van der Waals surface area contributed by atoms with Gasteiger partial charge in [0.05, 0.1) is 5.02 Å². The van der Waals surface area contributed by atoms with Crippen molar-refractivity contribution in [2.24, 2.45) is 5.41 Å². The van der Waals surface area contributed by atoms with Crippen molar-refractivity contribution in [1.29, 1.82) is 0 Å². The molecule has 1 aliphatic heterocycles. The van der Waals surface area contributed by atoms with Crippen molar-refractivity contribution in [2.75, 3.05) is 26.2 Å². The molecule has 7 heteroatoms. The van der Waals surface area contributed by atoms with Gasteiger partial charge in [0.25, 0.3) is 0 Å². The Morgan fingerprint density at radius 2 is 1.78 bits per heavy atom. The van der Waals surface area contributed by atoms with Crippen LogP contribution >= 0.6 is 11.6 Å². The molecule has 1 heterocycles. The molecule has 1 N–H and O–H groups in total. The van der Waals surface area contributed by atoms with E-state index in [1.165, 1.54) is 6.07 Å². The Bertz CT molecular complexity index is 537. The maximum atomic E-state index is 12.4. The molecule has 1 atom stereocenters. The first-order valence-corrected chi connectivity index (χ1v) is 7.96. The third-order valence-electron chi connectivity index (χ3n) is 3.83. The number of halogens is 4. The summed E-state index contributed by atoms with van der Waals surface area (Å²) in [7, 11) is 0. The predicted octanol–water partition coefficient (Wildman–Crippen LogP) is 4.23. The van der Waals surface area contributed by atoms with Gasteiger partial charge in [0.2, 0.25) is 0 Å². The zero-order valence-corrected chi connectivity index (χ0v) is 14.3. The molecule has 1 fully saturated rings. The normalized spacial score (nSPS) is 18.7. The molecule has 3 nitrogen and oxygen atoms in total. The summed E-state index contributed by atoms with van der Waals surface area (Å²) in [6, 6.07) is 4.62. The van der Waals surface area contributed by atoms with Crippen molar-refractivity contribution in [2.45, 2.75) is 33.2 Å². The van der Waals surface area contributed by atoms with Crippen molar-refractivity contribution in [1.82, 2.24) is 10.2 Å². The highest BCUT2D eigenvalue weighted by Crippen LogP contribution is 2.41. The summed E-state index contributed by atoms with van der Waals surface area (Å²) in [5, 5.41) is 3.28. The van der Waals surface area contributed by atoms with Crippen LogP contribution in [0.15, 0.2) is 18.2 Å². The lowest BCUT2D eigenvalue weighted by molar-refractivity contribution is -0.274. The Morgan fingerprint density at radius 1 is 1.17 bits per heavy atom. The average molecular weight is 351 g/mol. The van der Waals surface area contributed by atoms with E-state index in [0.29, 0.717) is 0 Å². The van der Waals surface area contributed by atoms with Crippen LogP contribution in [0.5, 0.6) is 5.75 Å². The van der Waals surface area contributed by atoms with E-state index >= 15 is 0 Å². The van der Waals surface area contributed by atoms with Crippen LogP contribution in [-0.4, -0.2) is 37.4 Å². The third kappa shape index (κ3) is 4.99. The molecule has 0 bridgehead atoms. The van der Waals surface area contributed by atoms with Crippen LogP contribution in [-0.2, 0) is 0 Å². The summed E-state index contributed by atoms with van der Waals surface area (Å²) in [5.41, 5.74) is 0.825. The number of alkyl halides is 3. The molecule has 0 aliphatic carbocycles. The van der Waals surface area contributed by atoms with E-state index in [0.717, 1.165) is 31.7 Å². The second-order valence-corrected chi connectivity index (χ2v) is 7.20. The van der Waals surface area contributed by atoms with Gasteiger partial charge in [-0.25, -0.2) is 0 Å². The number of rotatable bonds is 3. The quantitative estimate of drug-likeness (QED) is 0.882. The molecule has 2 rings (SSSR count). The molecule has 1 aromatic rings. The van der Waals surface area contributed by atoms with Crippen molar-refractivity contribution in [3.63, 3.8) is 0 Å². The minimum absolute atomic E-state index is 0.0239. The first-order chi connectivity index (χ1) is 10.6. The molecule has 1 saturated heterocycles. The van der Waals surface area contributed by atoms with Crippen LogP contribution in [0.25, 0.3) is 0 Å². The first-order valence-electron chi connectivity index (χ1n) is 7.58. The Labute approximate surface area is 139 Å². The Balaban J connectivity index is 2.30. The molecule has 130 valence electrons. The van der Waals surface area contributed by atoms with Crippen LogP contribution in [0.3, 0.4) is 0 Å². The summed E-state index contributed by atoms with van der Waals surface area (Å²) in [6.07, 6.45) is -4.74. The lowest BCUT2D eigenvalue weighted by Crippen LogP contribution is -2.48. The molecule has 0 amide bonds. The van der Waals surface area contributed by atoms with Gasteiger partial charge in [-0.15, -0.1) is 13.2 Å². The largest absolute Gasteiger partial charge is 0.573 e. The minimum atomic E-state index is -4.74. The lowest BCUT2D eigenvalue weighted by atomic mass is 9.81. The molecule has 0 unspecified atom stereocenters. The molecular weight excluding hydrogens is 329 g/mol. The number of hydrogen-bond acceptors (Lipinski definition) is 3. The third-order valence-corrected chi connectivity index (χ3v) is 4.13. The number of ether oxygens (including phenoxy) is 1. The van der Waals surface area contributed by atoms with E-state index < -0.39 is 6.36 Å². The van der Waals surface area contributed by atoms with Crippen molar-refractivity contribution >= 4 is 11.6 Å². The van der Waals surface area contributed by atoms with Gasteiger partial charge < -0.3 is 10.1 Å². The fourth-order valence-corrected chi connectivity index (χ4v) is 3.32. The highest BCUT2D eigenvalue weighted by atomic mass is 35.5. The summed E-state index contributed by atoms with van der Waals surface area (Å²) < 4.78 is 41.0. The van der Waals surface area contributed by atoms with Crippen LogP contribution in [0.2, 0.25) is 5.02 Å². The van der Waals surface area contributed by atoms with E-state index in [9.17, 15) is 13.2 Å². The van der Waals surface area contributed by atoms with Crippen molar-refractivity contribution in [3.8, 4) is 5.75 Å². The van der Waals surface area contributed by atoms with Gasteiger partial charge in [0, 0.05) is 32.2 Å². The Morgan fingerprint density at radius 3 is 2.26 bits per heavy atom. The van der Waals surface area contributed by atoms with Gasteiger partial charge in [-0.2, -0.15) is 0 Å². The van der Waals surface area contributed by atoms with Crippen LogP contribution in [0, 0.1) is 5.41 Å². The van der Waals surface area contributed by atoms with Gasteiger partial charge in [-0.05, 0) is 23.1 Å². The smallest absolute Gasteiger partial charge is 0.404 e. The standard InChI is InChI=1S/C16H22ClF3N2O/c1-15(2,3)14(22-8-6-21-7-9-22)11-4-5-13(12(17)10-11)23-16(18,19)20/h4-5,10,14,21H,6-9H2,1-3H3/t14-/m0/s1. The molecule has 0 radical (unpaired) electrons. The van der Waals surface area contributed by atoms with Gasteiger partial charge >= 0.3 is 6.36 Å². The summed E-state index contributed by atoms with van der Waals surface area (Å²) in [4.78, 5) is 2.34. The molecule has 0 saturated carbocycles. The lowest BCUT2D eigenvalue weighted by Gasteiger charge is -2.42. The number of nitrogens with zero attached hydrogens (tertiary/aromatic N) is 1. The highest BCUT2D eigenvalue weighted by molar-refractivity contribution is 6.32. The fourth-order valence-electron chi connectivity index (χ4n) is 3.09. The van der Waals surface area contributed by atoms with Crippen LogP contribution in [0.4, 0.5) is 13.2 Å². The van der Waals surface area contributed by atoms with Crippen molar-refractivity contribution in [3.05, 3.63) is 28.8 Å². The number of benzene rings is 1.